The molecule has 0 spiro atoms. The van der Waals surface area contributed by atoms with Gasteiger partial charge in [0.05, 0.1) is 0 Å². The van der Waals surface area contributed by atoms with E-state index in [0.717, 1.165) is 3.43 Å². The summed E-state index contributed by atoms with van der Waals surface area (Å²) < 4.78 is 2.42. The summed E-state index contributed by atoms with van der Waals surface area (Å²) in [4.78, 5) is 0. The van der Waals surface area contributed by atoms with E-state index in [9.17, 15) is 0 Å². The van der Waals surface area contributed by atoms with Gasteiger partial charge in [-0.2, -0.15) is 0 Å². The van der Waals surface area contributed by atoms with Gasteiger partial charge in [-0.15, -0.1) is 0 Å². The Morgan fingerprint density at radius 2 is 0.920 bits per heavy atom. The molecule has 0 amide bonds. The van der Waals surface area contributed by atoms with Crippen molar-refractivity contribution in [2.24, 2.45) is 5.41 Å². The molecule has 0 bridgehead atoms. The third kappa shape index (κ3) is 8.56. The number of unbranched alkanes of at least 4 members (excludes halogenated alkanes) is 5. The molecule has 0 aliphatic rings. The van der Waals surface area contributed by atoms with Crippen molar-refractivity contribution >= 4 is 21.1 Å². The molecule has 0 unspecified atom stereocenters. The molecule has 1 heteroatoms. The van der Waals surface area contributed by atoms with Crippen molar-refractivity contribution in [3.8, 4) is 0 Å². The molecule has 0 heterocycles. The molecule has 148 valence electrons. The van der Waals surface area contributed by atoms with Crippen molar-refractivity contribution < 1.29 is 0 Å². The number of hydrogen-bond donors (Lipinski definition) is 0. The first kappa shape index (κ1) is 25.8. The van der Waals surface area contributed by atoms with Crippen molar-refractivity contribution in [2.45, 2.75) is 146 Å². The average Bonchev–Trinajstić information content (AvgIpc) is 2.64. The van der Waals surface area contributed by atoms with Gasteiger partial charge in [-0.1, -0.05) is 0 Å². The summed E-state index contributed by atoms with van der Waals surface area (Å²) in [5.74, 6) is 0. The molecule has 25 heavy (non-hydrogen) atoms. The molecule has 0 radical (unpaired) electrons. The second-order valence-electron chi connectivity index (χ2n) is 8.41. The van der Waals surface area contributed by atoms with Crippen LogP contribution in [0, 0.1) is 5.41 Å². The molecular weight excluding hydrogens is 407 g/mol. The topological polar surface area (TPSA) is 0 Å². The van der Waals surface area contributed by atoms with Crippen LogP contribution in [0.4, 0.5) is 0 Å². The molecule has 0 saturated carbocycles. The fourth-order valence-electron chi connectivity index (χ4n) is 4.81. The van der Waals surface area contributed by atoms with Crippen LogP contribution in [0.5, 0.6) is 0 Å². The van der Waals surface area contributed by atoms with Gasteiger partial charge in [-0.3, -0.25) is 0 Å². The summed E-state index contributed by atoms with van der Waals surface area (Å²) >= 11 is -0.342. The van der Waals surface area contributed by atoms with Crippen molar-refractivity contribution in [2.75, 3.05) is 0 Å². The van der Waals surface area contributed by atoms with Gasteiger partial charge < -0.3 is 0 Å². The van der Waals surface area contributed by atoms with Crippen LogP contribution in [-0.4, -0.2) is 21.1 Å². The molecule has 0 fully saturated rings. The van der Waals surface area contributed by atoms with E-state index in [4.69, 9.17) is 0 Å². The molecule has 0 aliphatic heterocycles. The van der Waals surface area contributed by atoms with E-state index in [1.807, 2.05) is 0 Å². The quantitative estimate of drug-likeness (QED) is 0.142. The zero-order valence-electron chi connectivity index (χ0n) is 18.8. The van der Waals surface area contributed by atoms with Gasteiger partial charge in [-0.25, -0.2) is 0 Å². The molecule has 0 saturated heterocycles. The van der Waals surface area contributed by atoms with Crippen LogP contribution in [0.1, 0.15) is 138 Å². The van der Waals surface area contributed by atoms with E-state index in [1.165, 1.54) is 83.5 Å². The fourth-order valence-corrected chi connectivity index (χ4v) is 12.0. The van der Waals surface area contributed by atoms with E-state index in [-0.39, 0.29) is 21.1 Å². The van der Waals surface area contributed by atoms with E-state index in [2.05, 4.69) is 41.5 Å². The zero-order chi connectivity index (χ0) is 19.0. The van der Waals surface area contributed by atoms with E-state index in [1.54, 1.807) is 17.3 Å². The van der Waals surface area contributed by atoms with Gasteiger partial charge in [0.1, 0.15) is 0 Å². The van der Waals surface area contributed by atoms with Crippen LogP contribution in [0.2, 0.25) is 7.87 Å². The van der Waals surface area contributed by atoms with Gasteiger partial charge in [0.25, 0.3) is 0 Å². The van der Waals surface area contributed by atoms with Gasteiger partial charge in [0, 0.05) is 0 Å². The van der Waals surface area contributed by atoms with Crippen molar-refractivity contribution in [3.05, 3.63) is 0 Å². The molecular formula is C24H50Sn+2. The van der Waals surface area contributed by atoms with Gasteiger partial charge in [0.2, 0.25) is 0 Å². The summed E-state index contributed by atoms with van der Waals surface area (Å²) in [7, 11) is 0. The Labute approximate surface area is 171 Å². The van der Waals surface area contributed by atoms with Crippen molar-refractivity contribution in [1.82, 2.24) is 0 Å². The predicted octanol–water partition coefficient (Wildman–Crippen LogP) is 9.22. The molecule has 0 nitrogen and oxygen atoms in total. The molecule has 0 aliphatic carbocycles. The monoisotopic (exact) mass is 458 g/mol. The van der Waals surface area contributed by atoms with Crippen molar-refractivity contribution in [3.63, 3.8) is 0 Å². The normalized spacial score (nSPS) is 12.4. The third-order valence-electron chi connectivity index (χ3n) is 6.62. The first-order valence-corrected chi connectivity index (χ1v) is 15.3. The first-order valence-electron chi connectivity index (χ1n) is 11.9. The molecule has 0 N–H and O–H groups in total. The van der Waals surface area contributed by atoms with E-state index >= 15 is 0 Å². The first-order chi connectivity index (χ1) is 12.1. The third-order valence-corrected chi connectivity index (χ3v) is 13.2. The Balaban J connectivity index is 5.74. The Morgan fingerprint density at radius 1 is 0.520 bits per heavy atom. The maximum atomic E-state index is 2.55. The maximum absolute atomic E-state index is 2.55. The standard InChI is InChI=1S/C20H41.C4H9.Sn/c1-6-11-15-19(16-12-7-2)20(10-5,17-13-8-3)18-14-9-4;1-3-4-2;/h6-18H2,1-5H3;1,3-4H2,2H3;/q;;+2. The predicted molar refractivity (Wildman–Crippen MR) is 119 cm³/mol. The minimum atomic E-state index is -0.342. The van der Waals surface area contributed by atoms with Gasteiger partial charge >= 0.3 is 172 Å². The van der Waals surface area contributed by atoms with Crippen LogP contribution >= 0.6 is 0 Å². The van der Waals surface area contributed by atoms with Crippen LogP contribution in [-0.2, 0) is 0 Å². The Hall–Kier alpha value is 0.799. The van der Waals surface area contributed by atoms with Crippen LogP contribution in [0.25, 0.3) is 0 Å². The van der Waals surface area contributed by atoms with Crippen LogP contribution in [0.15, 0.2) is 0 Å². The SMILES string of the molecule is CCC[CH2][Sn+2][C](CCCC)(CCCC)C(CC)(CCCC)CCCC. The van der Waals surface area contributed by atoms with Gasteiger partial charge in [0.15, 0.2) is 0 Å². The summed E-state index contributed by atoms with van der Waals surface area (Å²) in [5, 5.41) is 0. The van der Waals surface area contributed by atoms with Crippen LogP contribution < -0.4 is 0 Å². The molecule has 0 aromatic rings. The second kappa shape index (κ2) is 15.8. The summed E-state index contributed by atoms with van der Waals surface area (Å²) in [6, 6.07) is 0. The minimum absolute atomic E-state index is 0.342. The van der Waals surface area contributed by atoms with E-state index < -0.39 is 0 Å². The number of rotatable bonds is 18. The average molecular weight is 457 g/mol. The fraction of sp³-hybridized carbons (Fsp3) is 1.00. The molecule has 0 aromatic heterocycles. The van der Waals surface area contributed by atoms with E-state index in [0.29, 0.717) is 5.41 Å². The summed E-state index contributed by atoms with van der Waals surface area (Å²) in [6.45, 7) is 14.6. The Bertz CT molecular complexity index is 268. The summed E-state index contributed by atoms with van der Waals surface area (Å²) in [6.07, 6.45) is 22.0. The molecule has 0 rings (SSSR count). The second-order valence-corrected chi connectivity index (χ2v) is 13.6. The number of hydrogen-bond acceptors (Lipinski definition) is 0. The zero-order valence-corrected chi connectivity index (χ0v) is 21.7. The molecule has 0 aromatic carbocycles. The molecule has 0 atom stereocenters. The Morgan fingerprint density at radius 3 is 1.28 bits per heavy atom. The summed E-state index contributed by atoms with van der Waals surface area (Å²) in [5.41, 5.74) is 0.684. The Kier molecular flexibility index (Phi) is 16.3. The van der Waals surface area contributed by atoms with Crippen LogP contribution in [0.3, 0.4) is 0 Å². The van der Waals surface area contributed by atoms with Crippen molar-refractivity contribution in [1.29, 1.82) is 0 Å². The van der Waals surface area contributed by atoms with Gasteiger partial charge in [-0.05, 0) is 0 Å².